The smallest absolute Gasteiger partial charge is 0.155 e. The third-order valence-corrected chi connectivity index (χ3v) is 5.01. The number of halogens is 1. The lowest BCUT2D eigenvalue weighted by atomic mass is 10.0. The van der Waals surface area contributed by atoms with Gasteiger partial charge in [0.1, 0.15) is 5.82 Å². The van der Waals surface area contributed by atoms with Crippen LogP contribution in [0.4, 0.5) is 4.39 Å². The molecule has 0 aliphatic carbocycles. The van der Waals surface area contributed by atoms with Crippen molar-refractivity contribution in [3.8, 4) is 0 Å². The third-order valence-electron chi connectivity index (χ3n) is 5.01. The first-order chi connectivity index (χ1) is 12.2. The predicted molar refractivity (Wildman–Crippen MR) is 92.4 cm³/mol. The zero-order chi connectivity index (χ0) is 17.2. The second kappa shape index (κ2) is 6.90. The summed E-state index contributed by atoms with van der Waals surface area (Å²) in [7, 11) is 0. The third kappa shape index (κ3) is 3.41. The van der Waals surface area contributed by atoms with E-state index >= 15 is 0 Å². The minimum absolute atomic E-state index is 0.277. The fourth-order valence-electron chi connectivity index (χ4n) is 3.67. The van der Waals surface area contributed by atoms with Crippen molar-refractivity contribution in [2.45, 2.75) is 38.0 Å². The number of aliphatic hydroxyl groups is 1. The molecule has 6 heteroatoms. The largest absolute Gasteiger partial charge is 0.388 e. The highest BCUT2D eigenvalue weighted by Gasteiger charge is 2.27. The van der Waals surface area contributed by atoms with Gasteiger partial charge in [0, 0.05) is 25.0 Å². The molecule has 0 amide bonds. The summed E-state index contributed by atoms with van der Waals surface area (Å²) < 4.78 is 15.1. The molecule has 2 aromatic heterocycles. The van der Waals surface area contributed by atoms with Gasteiger partial charge in [-0.2, -0.15) is 0 Å². The molecule has 2 atom stereocenters. The van der Waals surface area contributed by atoms with Crippen LogP contribution in [0.5, 0.6) is 0 Å². The summed E-state index contributed by atoms with van der Waals surface area (Å²) in [6, 6.07) is 6.44. The van der Waals surface area contributed by atoms with Crippen LogP contribution < -0.4 is 0 Å². The highest BCUT2D eigenvalue weighted by atomic mass is 19.1. The van der Waals surface area contributed by atoms with E-state index in [9.17, 15) is 9.50 Å². The molecule has 4 rings (SSSR count). The van der Waals surface area contributed by atoms with Gasteiger partial charge in [-0.3, -0.25) is 14.3 Å². The van der Waals surface area contributed by atoms with Crippen LogP contribution in [-0.2, 0) is 6.54 Å². The molecule has 1 aliphatic heterocycles. The van der Waals surface area contributed by atoms with Crippen LogP contribution in [0, 0.1) is 5.82 Å². The van der Waals surface area contributed by atoms with Crippen LogP contribution in [0.3, 0.4) is 0 Å². The zero-order valence-corrected chi connectivity index (χ0v) is 13.9. The Hall–Kier alpha value is -2.31. The average Bonchev–Trinajstić information content (AvgIpc) is 3.23. The van der Waals surface area contributed by atoms with Crippen LogP contribution in [0.25, 0.3) is 5.65 Å². The molecule has 1 aromatic carbocycles. The number of likely N-dealkylation sites (tertiary alicyclic amines) is 1. The molecule has 0 radical (unpaired) electrons. The molecule has 0 bridgehead atoms. The normalized spacial score (nSPS) is 19.5. The van der Waals surface area contributed by atoms with Gasteiger partial charge in [-0.25, -0.2) is 9.37 Å². The Morgan fingerprint density at radius 3 is 2.92 bits per heavy atom. The van der Waals surface area contributed by atoms with E-state index in [0.717, 1.165) is 42.8 Å². The Balaban J connectivity index is 1.46. The Bertz CT molecular complexity index is 848. The molecule has 1 N–H and O–H groups in total. The van der Waals surface area contributed by atoms with E-state index in [1.807, 2.05) is 12.4 Å². The van der Waals surface area contributed by atoms with Crippen LogP contribution in [0.15, 0.2) is 49.1 Å². The number of imidazole rings is 1. The fourth-order valence-corrected chi connectivity index (χ4v) is 3.67. The molecule has 25 heavy (non-hydrogen) atoms. The Labute approximate surface area is 145 Å². The molecule has 2 unspecified atom stereocenters. The maximum Gasteiger partial charge on any atom is 0.155 e. The van der Waals surface area contributed by atoms with E-state index in [0.29, 0.717) is 12.5 Å². The van der Waals surface area contributed by atoms with Crippen molar-refractivity contribution in [2.24, 2.45) is 0 Å². The summed E-state index contributed by atoms with van der Waals surface area (Å²) >= 11 is 0. The van der Waals surface area contributed by atoms with Crippen LogP contribution in [-0.4, -0.2) is 37.0 Å². The van der Waals surface area contributed by atoms with Crippen LogP contribution in [0.1, 0.15) is 36.6 Å². The molecule has 3 heterocycles. The summed E-state index contributed by atoms with van der Waals surface area (Å²) in [5.74, 6) is -0.277. The lowest BCUT2D eigenvalue weighted by Gasteiger charge is -2.26. The minimum Gasteiger partial charge on any atom is -0.388 e. The number of hydrogen-bond donors (Lipinski definition) is 1. The zero-order valence-electron chi connectivity index (χ0n) is 13.9. The maximum atomic E-state index is 13.1. The Kier molecular flexibility index (Phi) is 4.46. The van der Waals surface area contributed by atoms with Gasteiger partial charge in [-0.1, -0.05) is 12.1 Å². The van der Waals surface area contributed by atoms with Crippen molar-refractivity contribution in [3.05, 3.63) is 66.1 Å². The first kappa shape index (κ1) is 16.2. The molecular formula is C19H21FN4O. The first-order valence-corrected chi connectivity index (χ1v) is 8.64. The van der Waals surface area contributed by atoms with Crippen LogP contribution in [0.2, 0.25) is 0 Å². The first-order valence-electron chi connectivity index (χ1n) is 8.64. The van der Waals surface area contributed by atoms with E-state index in [1.165, 1.54) is 12.1 Å². The van der Waals surface area contributed by atoms with E-state index < -0.39 is 6.10 Å². The SMILES string of the molecule is OC(CC1CCCN1Cc1cnc2cnccn12)c1ccc(F)cc1. The van der Waals surface area contributed by atoms with Gasteiger partial charge in [-0.15, -0.1) is 0 Å². The van der Waals surface area contributed by atoms with Crippen molar-refractivity contribution in [2.75, 3.05) is 6.54 Å². The number of fused-ring (bicyclic) bond motifs is 1. The minimum atomic E-state index is -0.572. The number of aliphatic hydroxyl groups excluding tert-OH is 1. The number of nitrogens with zero attached hydrogens (tertiary/aromatic N) is 4. The summed E-state index contributed by atoms with van der Waals surface area (Å²) in [6.07, 6.45) is 9.61. The molecule has 130 valence electrons. The second-order valence-electron chi connectivity index (χ2n) is 6.62. The maximum absolute atomic E-state index is 13.1. The van der Waals surface area contributed by atoms with E-state index in [2.05, 4.69) is 19.3 Å². The van der Waals surface area contributed by atoms with Crippen molar-refractivity contribution in [1.29, 1.82) is 0 Å². The molecule has 3 aromatic rings. The summed E-state index contributed by atoms with van der Waals surface area (Å²) in [5.41, 5.74) is 2.74. The molecule has 5 nitrogen and oxygen atoms in total. The van der Waals surface area contributed by atoms with Crippen molar-refractivity contribution in [3.63, 3.8) is 0 Å². The van der Waals surface area contributed by atoms with Crippen molar-refractivity contribution < 1.29 is 9.50 Å². The lowest BCUT2D eigenvalue weighted by Crippen LogP contribution is -2.30. The highest BCUT2D eigenvalue weighted by molar-refractivity contribution is 5.36. The Morgan fingerprint density at radius 2 is 2.08 bits per heavy atom. The van der Waals surface area contributed by atoms with Gasteiger partial charge in [-0.05, 0) is 43.5 Å². The van der Waals surface area contributed by atoms with Gasteiger partial charge in [0.25, 0.3) is 0 Å². The fraction of sp³-hybridized carbons (Fsp3) is 0.368. The molecule has 1 fully saturated rings. The molecule has 0 spiro atoms. The summed E-state index contributed by atoms with van der Waals surface area (Å²) in [4.78, 5) is 10.9. The van der Waals surface area contributed by atoms with Crippen molar-refractivity contribution in [1.82, 2.24) is 19.3 Å². The van der Waals surface area contributed by atoms with E-state index in [1.54, 1.807) is 24.5 Å². The standard InChI is InChI=1S/C19H21FN4O/c20-15-5-3-14(4-6-15)18(25)10-16-2-1-8-23(16)13-17-11-22-19-12-21-7-9-24(17)19/h3-7,9,11-12,16,18,25H,1-2,8,10,13H2. The van der Waals surface area contributed by atoms with Gasteiger partial charge < -0.3 is 5.11 Å². The monoisotopic (exact) mass is 340 g/mol. The number of hydrogen-bond acceptors (Lipinski definition) is 4. The number of rotatable bonds is 5. The lowest BCUT2D eigenvalue weighted by molar-refractivity contribution is 0.117. The molecule has 1 saturated heterocycles. The second-order valence-corrected chi connectivity index (χ2v) is 6.62. The number of benzene rings is 1. The van der Waals surface area contributed by atoms with Crippen LogP contribution >= 0.6 is 0 Å². The average molecular weight is 340 g/mol. The van der Waals surface area contributed by atoms with E-state index in [-0.39, 0.29) is 5.82 Å². The summed E-state index contributed by atoms with van der Waals surface area (Å²) in [5, 5.41) is 10.5. The quantitative estimate of drug-likeness (QED) is 0.776. The molecule has 0 saturated carbocycles. The predicted octanol–water partition coefficient (Wildman–Crippen LogP) is 2.96. The number of aromatic nitrogens is 3. The topological polar surface area (TPSA) is 53.7 Å². The van der Waals surface area contributed by atoms with Gasteiger partial charge in [0.05, 0.1) is 24.2 Å². The summed E-state index contributed by atoms with van der Waals surface area (Å²) in [6.45, 7) is 1.81. The van der Waals surface area contributed by atoms with Gasteiger partial charge >= 0.3 is 0 Å². The highest BCUT2D eigenvalue weighted by Crippen LogP contribution is 2.28. The Morgan fingerprint density at radius 1 is 1.24 bits per heavy atom. The molecular weight excluding hydrogens is 319 g/mol. The van der Waals surface area contributed by atoms with E-state index in [4.69, 9.17) is 0 Å². The van der Waals surface area contributed by atoms with Gasteiger partial charge in [0.15, 0.2) is 5.65 Å². The van der Waals surface area contributed by atoms with Crippen molar-refractivity contribution >= 4 is 5.65 Å². The molecule has 1 aliphatic rings. The van der Waals surface area contributed by atoms with Gasteiger partial charge in [0.2, 0.25) is 0 Å².